The third-order valence-corrected chi connectivity index (χ3v) is 5.15. The highest BCUT2D eigenvalue weighted by Gasteiger charge is 2.29. The summed E-state index contributed by atoms with van der Waals surface area (Å²) in [6.07, 6.45) is 3.48. The molecule has 1 N–H and O–H groups in total. The molecule has 31 heavy (non-hydrogen) atoms. The maximum absolute atomic E-state index is 14.3. The van der Waals surface area contributed by atoms with Crippen LogP contribution in [0.5, 0.6) is 5.75 Å². The molecular formula is C23H21FN4O3. The maximum atomic E-state index is 14.3. The van der Waals surface area contributed by atoms with Gasteiger partial charge in [0.15, 0.2) is 11.6 Å². The van der Waals surface area contributed by atoms with Crippen LogP contribution in [0.1, 0.15) is 41.6 Å². The van der Waals surface area contributed by atoms with Gasteiger partial charge in [-0.25, -0.2) is 9.37 Å². The molecule has 1 aliphatic heterocycles. The normalized spacial score (nSPS) is 14.8. The van der Waals surface area contributed by atoms with Crippen LogP contribution in [0.2, 0.25) is 0 Å². The molecule has 0 saturated heterocycles. The van der Waals surface area contributed by atoms with Crippen LogP contribution >= 0.6 is 0 Å². The minimum Gasteiger partial charge on any atom is -0.496 e. The van der Waals surface area contributed by atoms with E-state index in [0.29, 0.717) is 28.7 Å². The van der Waals surface area contributed by atoms with Gasteiger partial charge >= 0.3 is 0 Å². The maximum Gasteiger partial charge on any atom is 0.269 e. The molecule has 7 nitrogen and oxygen atoms in total. The number of nitrogens with zero attached hydrogens (tertiary/aromatic N) is 3. The number of rotatable bonds is 5. The monoisotopic (exact) mass is 423 g/mol. The van der Waals surface area contributed by atoms with Gasteiger partial charge in [0.25, 0.3) is 11.8 Å². The van der Waals surface area contributed by atoms with Crippen LogP contribution in [0.3, 0.4) is 0 Å². The molecule has 1 aliphatic rings. The number of hydrogen-bond acceptors (Lipinski definition) is 5. The van der Waals surface area contributed by atoms with Gasteiger partial charge in [-0.1, -0.05) is 6.07 Å². The first-order valence-electron chi connectivity index (χ1n) is 11.1. The Kier molecular flexibility index (Phi) is 4.65. The summed E-state index contributed by atoms with van der Waals surface area (Å²) in [6, 6.07) is 9.04. The Morgan fingerprint density at radius 2 is 2.19 bits per heavy atom. The summed E-state index contributed by atoms with van der Waals surface area (Å²) >= 11 is 0. The van der Waals surface area contributed by atoms with E-state index in [1.54, 1.807) is 24.3 Å². The molecule has 1 aromatic carbocycles. The summed E-state index contributed by atoms with van der Waals surface area (Å²) < 4.78 is 42.1. The standard InChI is InChI=1S/C23H21FN4O3/c1-25-22(29)19-6-5-14(13-27-19)10-16-11-17-15(12-20(16)31-2)7-9-28(23(17)30)21-18(24)4-3-8-26-21/h3-6,8,11-13H,7,9-10H2,1-2H3,(H,25,29)/i2D3. The van der Waals surface area contributed by atoms with Crippen molar-refractivity contribution in [2.24, 2.45) is 0 Å². The van der Waals surface area contributed by atoms with Gasteiger partial charge in [0, 0.05) is 38.0 Å². The topological polar surface area (TPSA) is 84.4 Å². The van der Waals surface area contributed by atoms with Gasteiger partial charge in [0.1, 0.15) is 11.4 Å². The highest BCUT2D eigenvalue weighted by molar-refractivity contribution is 6.08. The quantitative estimate of drug-likeness (QED) is 0.682. The summed E-state index contributed by atoms with van der Waals surface area (Å²) in [5.74, 6) is -1.31. The average Bonchev–Trinajstić information content (AvgIpc) is 2.80. The molecule has 0 unspecified atom stereocenters. The summed E-state index contributed by atoms with van der Waals surface area (Å²) in [4.78, 5) is 34.4. The van der Waals surface area contributed by atoms with Crippen molar-refractivity contribution in [1.29, 1.82) is 0 Å². The first-order chi connectivity index (χ1) is 16.2. The molecule has 2 amide bonds. The van der Waals surface area contributed by atoms with Gasteiger partial charge < -0.3 is 10.1 Å². The predicted octanol–water partition coefficient (Wildman–Crippen LogP) is 2.78. The van der Waals surface area contributed by atoms with Crippen molar-refractivity contribution in [3.8, 4) is 5.75 Å². The third-order valence-electron chi connectivity index (χ3n) is 5.15. The smallest absolute Gasteiger partial charge is 0.269 e. The minimum atomic E-state index is -2.69. The zero-order valence-corrected chi connectivity index (χ0v) is 16.7. The highest BCUT2D eigenvalue weighted by atomic mass is 19.1. The number of fused-ring (bicyclic) bond motifs is 1. The number of methoxy groups -OCH3 is 1. The van der Waals surface area contributed by atoms with Gasteiger partial charge in [-0.3, -0.25) is 19.5 Å². The van der Waals surface area contributed by atoms with Crippen molar-refractivity contribution in [2.75, 3.05) is 25.5 Å². The fourth-order valence-electron chi connectivity index (χ4n) is 3.57. The summed E-state index contributed by atoms with van der Waals surface area (Å²) in [5.41, 5.74) is 2.28. The Morgan fingerprint density at radius 1 is 1.32 bits per heavy atom. The van der Waals surface area contributed by atoms with E-state index in [-0.39, 0.29) is 36.1 Å². The predicted molar refractivity (Wildman–Crippen MR) is 113 cm³/mol. The SMILES string of the molecule is [2H]C([2H])([2H])Oc1cc2c(cc1Cc1ccc(C(=O)NC)nc1)C(=O)N(c1ncccc1F)CC2. The number of benzene rings is 1. The molecule has 0 spiro atoms. The second kappa shape index (κ2) is 8.51. The van der Waals surface area contributed by atoms with Crippen LogP contribution in [-0.4, -0.2) is 42.4 Å². The van der Waals surface area contributed by atoms with Crippen molar-refractivity contribution in [2.45, 2.75) is 12.8 Å². The Balaban J connectivity index is 1.71. The summed E-state index contributed by atoms with van der Waals surface area (Å²) in [7, 11) is -1.19. The molecule has 0 fully saturated rings. The number of hydrogen-bond donors (Lipinski definition) is 1. The first-order valence-corrected chi connectivity index (χ1v) is 9.60. The lowest BCUT2D eigenvalue weighted by Gasteiger charge is -2.29. The van der Waals surface area contributed by atoms with E-state index in [0.717, 1.165) is 0 Å². The van der Waals surface area contributed by atoms with Crippen LogP contribution in [0.25, 0.3) is 0 Å². The number of carbonyl (C=O) groups excluding carboxylic acids is 2. The fourth-order valence-corrected chi connectivity index (χ4v) is 3.57. The number of halogens is 1. The van der Waals surface area contributed by atoms with E-state index in [2.05, 4.69) is 15.3 Å². The Bertz CT molecular complexity index is 1250. The number of pyridine rings is 2. The van der Waals surface area contributed by atoms with Crippen molar-refractivity contribution >= 4 is 17.6 Å². The molecule has 0 bridgehead atoms. The highest BCUT2D eigenvalue weighted by Crippen LogP contribution is 2.31. The second-order valence-corrected chi connectivity index (χ2v) is 7.04. The second-order valence-electron chi connectivity index (χ2n) is 7.04. The van der Waals surface area contributed by atoms with Crippen LogP contribution in [0.15, 0.2) is 48.8 Å². The zero-order valence-electron chi connectivity index (χ0n) is 19.7. The number of carbonyl (C=O) groups is 2. The number of amides is 2. The fraction of sp³-hybridized carbons (Fsp3) is 0.217. The lowest BCUT2D eigenvalue weighted by Crippen LogP contribution is -2.38. The average molecular weight is 423 g/mol. The Morgan fingerprint density at radius 3 is 2.90 bits per heavy atom. The van der Waals surface area contributed by atoms with Gasteiger partial charge in [-0.15, -0.1) is 0 Å². The number of anilines is 1. The summed E-state index contributed by atoms with van der Waals surface area (Å²) in [5, 5.41) is 2.49. The van der Waals surface area contributed by atoms with E-state index in [9.17, 15) is 14.0 Å². The lowest BCUT2D eigenvalue weighted by atomic mass is 9.93. The van der Waals surface area contributed by atoms with Gasteiger partial charge in [0.05, 0.1) is 11.2 Å². The molecule has 158 valence electrons. The molecule has 4 rings (SSSR count). The molecule has 3 aromatic rings. The molecule has 0 atom stereocenters. The van der Waals surface area contributed by atoms with E-state index in [4.69, 9.17) is 8.85 Å². The molecule has 2 aromatic heterocycles. The molecule has 0 aliphatic carbocycles. The third kappa shape index (κ3) is 3.96. The van der Waals surface area contributed by atoms with Crippen molar-refractivity contribution < 1.29 is 22.8 Å². The van der Waals surface area contributed by atoms with Crippen LogP contribution in [0.4, 0.5) is 10.2 Å². The van der Waals surface area contributed by atoms with Gasteiger partial charge in [0.2, 0.25) is 0 Å². The van der Waals surface area contributed by atoms with E-state index >= 15 is 0 Å². The van der Waals surface area contributed by atoms with Crippen molar-refractivity contribution in [3.63, 3.8) is 0 Å². The molecule has 3 heterocycles. The van der Waals surface area contributed by atoms with Crippen molar-refractivity contribution in [3.05, 3.63) is 82.6 Å². The van der Waals surface area contributed by atoms with Crippen LogP contribution in [0, 0.1) is 5.82 Å². The van der Waals surface area contributed by atoms with E-state index < -0.39 is 18.8 Å². The zero-order chi connectivity index (χ0) is 24.5. The first kappa shape index (κ1) is 16.9. The number of aromatic nitrogens is 2. The van der Waals surface area contributed by atoms with E-state index in [1.807, 2.05) is 0 Å². The molecular weight excluding hydrogens is 399 g/mol. The number of ether oxygens (including phenoxy) is 1. The van der Waals surface area contributed by atoms with Crippen LogP contribution in [-0.2, 0) is 12.8 Å². The van der Waals surface area contributed by atoms with Gasteiger partial charge in [-0.2, -0.15) is 0 Å². The molecule has 8 heteroatoms. The molecule has 0 radical (unpaired) electrons. The molecule has 0 saturated carbocycles. The largest absolute Gasteiger partial charge is 0.496 e. The summed E-state index contributed by atoms with van der Waals surface area (Å²) in [6.45, 7) is 0.192. The van der Waals surface area contributed by atoms with Crippen LogP contribution < -0.4 is 15.0 Å². The Hall–Kier alpha value is -3.81. The lowest BCUT2D eigenvalue weighted by molar-refractivity contribution is 0.0955. The van der Waals surface area contributed by atoms with Crippen molar-refractivity contribution in [1.82, 2.24) is 15.3 Å². The van der Waals surface area contributed by atoms with Gasteiger partial charge in [-0.05, 0) is 53.4 Å². The number of nitrogens with one attached hydrogen (secondary N) is 1. The Labute approximate surface area is 183 Å². The van der Waals surface area contributed by atoms with E-state index in [1.165, 1.54) is 36.5 Å². The minimum absolute atomic E-state index is 0.0588.